The standard InChI is InChI=1S/C25H24N2O5S/c1-14-24(33-15(2)26-14)22(28)20-21(18-12-17(31-3)10-11-19(18)32-4)27(25(30)23(20)29)13-16-8-6-5-7-9-16/h5-12,21,29H,13H2,1-4H3. The van der Waals surface area contributed by atoms with Crippen molar-refractivity contribution in [3.8, 4) is 11.5 Å². The van der Waals surface area contributed by atoms with Gasteiger partial charge >= 0.3 is 0 Å². The number of aromatic nitrogens is 1. The highest BCUT2D eigenvalue weighted by atomic mass is 32.1. The summed E-state index contributed by atoms with van der Waals surface area (Å²) in [7, 11) is 3.06. The Morgan fingerprint density at radius 1 is 1.12 bits per heavy atom. The van der Waals surface area contributed by atoms with Gasteiger partial charge in [0.2, 0.25) is 5.78 Å². The van der Waals surface area contributed by atoms with Gasteiger partial charge in [-0.15, -0.1) is 11.3 Å². The van der Waals surface area contributed by atoms with Crippen molar-refractivity contribution in [2.45, 2.75) is 26.4 Å². The number of nitrogens with zero attached hydrogens (tertiary/aromatic N) is 2. The topological polar surface area (TPSA) is 89.0 Å². The molecule has 1 N–H and O–H groups in total. The molecule has 1 aliphatic heterocycles. The van der Waals surface area contributed by atoms with Crippen molar-refractivity contribution in [3.05, 3.63) is 86.6 Å². The van der Waals surface area contributed by atoms with Gasteiger partial charge in [0.1, 0.15) is 11.5 Å². The lowest BCUT2D eigenvalue weighted by atomic mass is 9.94. The first-order valence-electron chi connectivity index (χ1n) is 10.3. The Bertz CT molecular complexity index is 1250. The van der Waals surface area contributed by atoms with Gasteiger partial charge in [0, 0.05) is 12.1 Å². The molecular formula is C25H24N2O5S. The van der Waals surface area contributed by atoms with Gasteiger partial charge in [-0.05, 0) is 37.6 Å². The van der Waals surface area contributed by atoms with Gasteiger partial charge in [-0.25, -0.2) is 4.98 Å². The highest BCUT2D eigenvalue weighted by molar-refractivity contribution is 7.14. The molecule has 170 valence electrons. The van der Waals surface area contributed by atoms with Crippen LogP contribution in [0.4, 0.5) is 0 Å². The lowest BCUT2D eigenvalue weighted by Crippen LogP contribution is -2.31. The van der Waals surface area contributed by atoms with Crippen LogP contribution >= 0.6 is 11.3 Å². The number of benzene rings is 2. The second-order valence-corrected chi connectivity index (χ2v) is 8.87. The van der Waals surface area contributed by atoms with Crippen molar-refractivity contribution in [2.24, 2.45) is 0 Å². The van der Waals surface area contributed by atoms with Crippen LogP contribution in [0.2, 0.25) is 0 Å². The van der Waals surface area contributed by atoms with Crippen molar-refractivity contribution in [1.29, 1.82) is 0 Å². The molecule has 1 amide bonds. The number of aliphatic hydroxyl groups excluding tert-OH is 1. The molecule has 7 nitrogen and oxygen atoms in total. The van der Waals surface area contributed by atoms with Crippen LogP contribution in [0.3, 0.4) is 0 Å². The summed E-state index contributed by atoms with van der Waals surface area (Å²) < 4.78 is 11.0. The van der Waals surface area contributed by atoms with Crippen molar-refractivity contribution in [2.75, 3.05) is 14.2 Å². The Kier molecular flexibility index (Phi) is 6.20. The zero-order chi connectivity index (χ0) is 23.7. The molecule has 1 aromatic heterocycles. The molecule has 3 aromatic rings. The summed E-state index contributed by atoms with van der Waals surface area (Å²) in [5, 5.41) is 11.7. The van der Waals surface area contributed by atoms with E-state index in [9.17, 15) is 14.7 Å². The van der Waals surface area contributed by atoms with Crippen molar-refractivity contribution < 1.29 is 24.2 Å². The highest BCUT2D eigenvalue weighted by Gasteiger charge is 2.45. The SMILES string of the molecule is COc1ccc(OC)c(C2C(C(=O)c3sc(C)nc3C)=C(O)C(=O)N2Cc2ccccc2)c1. The fourth-order valence-electron chi connectivity index (χ4n) is 4.07. The summed E-state index contributed by atoms with van der Waals surface area (Å²) in [4.78, 5) is 33.2. The Labute approximate surface area is 195 Å². The Balaban J connectivity index is 1.89. The van der Waals surface area contributed by atoms with E-state index in [4.69, 9.17) is 9.47 Å². The van der Waals surface area contributed by atoms with Crippen LogP contribution in [-0.2, 0) is 11.3 Å². The number of thiazole rings is 1. The number of carbonyl (C=O) groups is 2. The van der Waals surface area contributed by atoms with E-state index in [0.717, 1.165) is 10.6 Å². The van der Waals surface area contributed by atoms with E-state index >= 15 is 0 Å². The monoisotopic (exact) mass is 464 g/mol. The van der Waals surface area contributed by atoms with Gasteiger partial charge in [-0.1, -0.05) is 30.3 Å². The van der Waals surface area contributed by atoms with E-state index in [1.54, 1.807) is 25.1 Å². The third-order valence-electron chi connectivity index (χ3n) is 5.59. The molecule has 0 bridgehead atoms. The third-order valence-corrected chi connectivity index (χ3v) is 6.66. The average molecular weight is 465 g/mol. The van der Waals surface area contributed by atoms with Crippen molar-refractivity contribution in [3.63, 3.8) is 0 Å². The van der Waals surface area contributed by atoms with Gasteiger partial charge in [-0.2, -0.15) is 0 Å². The predicted octanol–water partition coefficient (Wildman–Crippen LogP) is 4.56. The molecule has 0 saturated heterocycles. The van der Waals surface area contributed by atoms with Crippen LogP contribution in [0.1, 0.15) is 37.5 Å². The lowest BCUT2D eigenvalue weighted by molar-refractivity contribution is -0.130. The van der Waals surface area contributed by atoms with Gasteiger partial charge in [0.15, 0.2) is 5.76 Å². The quantitative estimate of drug-likeness (QED) is 0.516. The van der Waals surface area contributed by atoms with Crippen molar-refractivity contribution >= 4 is 23.0 Å². The number of aliphatic hydroxyl groups is 1. The first kappa shape index (κ1) is 22.5. The lowest BCUT2D eigenvalue weighted by Gasteiger charge is -2.28. The van der Waals surface area contributed by atoms with E-state index in [1.165, 1.54) is 30.5 Å². The second-order valence-electron chi connectivity index (χ2n) is 7.67. The number of aryl methyl sites for hydroxylation is 2. The number of hydrogen-bond donors (Lipinski definition) is 1. The molecule has 2 heterocycles. The van der Waals surface area contributed by atoms with Gasteiger partial charge < -0.3 is 19.5 Å². The number of ether oxygens (including phenoxy) is 2. The maximum absolute atomic E-state index is 13.7. The summed E-state index contributed by atoms with van der Waals surface area (Å²) in [6.07, 6.45) is 0. The highest BCUT2D eigenvalue weighted by Crippen LogP contribution is 2.44. The van der Waals surface area contributed by atoms with Crippen LogP contribution in [0.5, 0.6) is 11.5 Å². The molecule has 33 heavy (non-hydrogen) atoms. The number of rotatable bonds is 7. The second kappa shape index (κ2) is 9.07. The number of amides is 1. The van der Waals surface area contributed by atoms with Crippen LogP contribution in [0, 0.1) is 13.8 Å². The predicted molar refractivity (Wildman–Crippen MR) is 125 cm³/mol. The maximum atomic E-state index is 13.7. The normalized spacial score (nSPS) is 15.8. The minimum absolute atomic E-state index is 0.00855. The van der Waals surface area contributed by atoms with E-state index in [-0.39, 0.29) is 12.1 Å². The maximum Gasteiger partial charge on any atom is 0.290 e. The zero-order valence-electron chi connectivity index (χ0n) is 18.8. The summed E-state index contributed by atoms with van der Waals surface area (Å²) in [6, 6.07) is 13.7. The van der Waals surface area contributed by atoms with E-state index in [1.807, 2.05) is 37.3 Å². The van der Waals surface area contributed by atoms with Crippen LogP contribution < -0.4 is 9.47 Å². The molecule has 2 aromatic carbocycles. The van der Waals surface area contributed by atoms with Gasteiger partial charge in [0.05, 0.1) is 41.4 Å². The Hall–Kier alpha value is -3.65. The first-order valence-corrected chi connectivity index (χ1v) is 11.2. The Morgan fingerprint density at radius 2 is 1.85 bits per heavy atom. The van der Waals surface area contributed by atoms with Crippen LogP contribution in [-0.4, -0.2) is 40.9 Å². The molecule has 1 unspecified atom stereocenters. The third kappa shape index (κ3) is 4.09. The zero-order valence-corrected chi connectivity index (χ0v) is 19.6. The average Bonchev–Trinajstić information content (AvgIpc) is 3.29. The molecule has 0 fully saturated rings. The number of ketones is 1. The number of methoxy groups -OCH3 is 2. The fraction of sp³-hybridized carbons (Fsp3) is 0.240. The molecule has 0 saturated carbocycles. The molecule has 0 spiro atoms. The van der Waals surface area contributed by atoms with Crippen LogP contribution in [0.25, 0.3) is 0 Å². The molecule has 8 heteroatoms. The minimum Gasteiger partial charge on any atom is -0.503 e. The molecular weight excluding hydrogens is 440 g/mol. The van der Waals surface area contributed by atoms with E-state index in [2.05, 4.69) is 4.98 Å². The van der Waals surface area contributed by atoms with Gasteiger partial charge in [-0.3, -0.25) is 9.59 Å². The summed E-state index contributed by atoms with van der Waals surface area (Å²) in [6.45, 7) is 3.76. The summed E-state index contributed by atoms with van der Waals surface area (Å²) in [5.74, 6) is -0.577. The minimum atomic E-state index is -0.864. The van der Waals surface area contributed by atoms with Crippen molar-refractivity contribution in [1.82, 2.24) is 9.88 Å². The van der Waals surface area contributed by atoms with E-state index < -0.39 is 23.5 Å². The summed E-state index contributed by atoms with van der Waals surface area (Å²) >= 11 is 1.24. The van der Waals surface area contributed by atoms with Crippen LogP contribution in [0.15, 0.2) is 59.9 Å². The Morgan fingerprint density at radius 3 is 2.45 bits per heavy atom. The smallest absolute Gasteiger partial charge is 0.290 e. The van der Waals surface area contributed by atoms with Gasteiger partial charge in [0.25, 0.3) is 5.91 Å². The number of carbonyl (C=O) groups excluding carboxylic acids is 2. The number of hydrogen-bond acceptors (Lipinski definition) is 7. The first-order chi connectivity index (χ1) is 15.8. The summed E-state index contributed by atoms with van der Waals surface area (Å²) in [5.41, 5.74) is 1.98. The van der Waals surface area contributed by atoms with E-state index in [0.29, 0.717) is 27.6 Å². The molecule has 0 aliphatic carbocycles. The molecule has 1 atom stereocenters. The molecule has 0 radical (unpaired) electrons. The fourth-order valence-corrected chi connectivity index (χ4v) is 4.94. The number of Topliss-reactive ketones (excluding diaryl/α,β-unsaturated/α-hetero) is 1. The largest absolute Gasteiger partial charge is 0.503 e. The molecule has 4 rings (SSSR count). The molecule has 1 aliphatic rings.